The van der Waals surface area contributed by atoms with Gasteiger partial charge in [-0.25, -0.2) is 4.39 Å². The Morgan fingerprint density at radius 2 is 1.97 bits per heavy atom. The van der Waals surface area contributed by atoms with Gasteiger partial charge in [0.2, 0.25) is 11.8 Å². The van der Waals surface area contributed by atoms with Crippen molar-refractivity contribution in [1.29, 1.82) is 0 Å². The Morgan fingerprint density at radius 3 is 2.55 bits per heavy atom. The maximum absolute atomic E-state index is 13.2. The molecule has 9 heteroatoms. The average Bonchev–Trinajstić information content (AvgIpc) is 3.26. The minimum absolute atomic E-state index is 0.00959. The van der Waals surface area contributed by atoms with Crippen LogP contribution in [0.1, 0.15) is 36.9 Å². The highest BCUT2D eigenvalue weighted by Gasteiger charge is 2.38. The normalized spacial score (nSPS) is 17.8. The van der Waals surface area contributed by atoms with Crippen LogP contribution in [0, 0.1) is 5.82 Å². The summed E-state index contributed by atoms with van der Waals surface area (Å²) in [6.07, 6.45) is -3.73. The first-order chi connectivity index (χ1) is 13.6. The number of amides is 2. The van der Waals surface area contributed by atoms with E-state index in [0.717, 1.165) is 6.92 Å². The second-order valence-corrected chi connectivity index (χ2v) is 7.09. The molecule has 3 N–H and O–H groups in total. The van der Waals surface area contributed by atoms with E-state index in [1.165, 1.54) is 30.3 Å². The first kappa shape index (κ1) is 20.9. The summed E-state index contributed by atoms with van der Waals surface area (Å²) in [4.78, 5) is 26.5. The van der Waals surface area contributed by atoms with Gasteiger partial charge < -0.3 is 15.6 Å². The number of rotatable bonds is 6. The van der Waals surface area contributed by atoms with Gasteiger partial charge in [0.15, 0.2) is 0 Å². The Morgan fingerprint density at radius 1 is 1.28 bits per heavy atom. The van der Waals surface area contributed by atoms with Crippen LogP contribution in [0.3, 0.4) is 0 Å². The number of carbonyl (C=O) groups is 2. The highest BCUT2D eigenvalue weighted by molar-refractivity contribution is 5.89. The lowest BCUT2D eigenvalue weighted by Crippen LogP contribution is -2.40. The quantitative estimate of drug-likeness (QED) is 0.638. The highest BCUT2D eigenvalue weighted by atomic mass is 19.4. The van der Waals surface area contributed by atoms with E-state index < -0.39 is 24.0 Å². The predicted molar refractivity (Wildman–Crippen MR) is 98.5 cm³/mol. The Hall–Kier alpha value is -2.84. The smallest absolute Gasteiger partial charge is 0.358 e. The van der Waals surface area contributed by atoms with E-state index in [1.54, 1.807) is 0 Å². The van der Waals surface area contributed by atoms with Gasteiger partial charge in [0, 0.05) is 24.4 Å². The van der Waals surface area contributed by atoms with Crippen molar-refractivity contribution in [3.63, 3.8) is 0 Å². The van der Waals surface area contributed by atoms with Crippen LogP contribution in [0.25, 0.3) is 11.3 Å². The summed E-state index contributed by atoms with van der Waals surface area (Å²) in [5.41, 5.74) is 1.44. The number of halogens is 4. The third kappa shape index (κ3) is 4.96. The molecular formula is C20H21F4N3O2. The van der Waals surface area contributed by atoms with E-state index in [4.69, 9.17) is 0 Å². The first-order valence-electron chi connectivity index (χ1n) is 9.26. The molecule has 0 bridgehead atoms. The number of aryl methyl sites for hydroxylation is 1. The molecule has 29 heavy (non-hydrogen) atoms. The largest absolute Gasteiger partial charge is 0.396 e. The molecule has 5 nitrogen and oxygen atoms in total. The number of aromatic amines is 1. The van der Waals surface area contributed by atoms with Crippen LogP contribution in [0.4, 0.5) is 17.6 Å². The Kier molecular flexibility index (Phi) is 5.95. The van der Waals surface area contributed by atoms with Crippen LogP contribution in [0.15, 0.2) is 30.3 Å². The molecular weight excluding hydrogens is 390 g/mol. The fourth-order valence-corrected chi connectivity index (χ4v) is 3.25. The Labute approximate surface area is 164 Å². The molecule has 3 rings (SSSR count). The van der Waals surface area contributed by atoms with Crippen molar-refractivity contribution in [2.45, 2.75) is 44.3 Å². The summed E-state index contributed by atoms with van der Waals surface area (Å²) < 4.78 is 52.6. The van der Waals surface area contributed by atoms with Gasteiger partial charge in [-0.2, -0.15) is 13.2 Å². The molecule has 1 aromatic carbocycles. The number of hydrogen-bond donors (Lipinski definition) is 3. The summed E-state index contributed by atoms with van der Waals surface area (Å²) in [7, 11) is 0. The van der Waals surface area contributed by atoms with Crippen LogP contribution in [0.5, 0.6) is 0 Å². The van der Waals surface area contributed by atoms with Crippen molar-refractivity contribution in [2.24, 2.45) is 0 Å². The van der Waals surface area contributed by atoms with Gasteiger partial charge in [0.05, 0.1) is 5.92 Å². The van der Waals surface area contributed by atoms with Crippen molar-refractivity contribution in [1.82, 2.24) is 15.6 Å². The van der Waals surface area contributed by atoms with Gasteiger partial charge in [-0.1, -0.05) is 0 Å². The second-order valence-electron chi connectivity index (χ2n) is 7.09. The van der Waals surface area contributed by atoms with Crippen molar-refractivity contribution in [3.05, 3.63) is 47.4 Å². The molecule has 2 heterocycles. The molecule has 1 aromatic heterocycles. The van der Waals surface area contributed by atoms with Crippen LogP contribution in [-0.2, 0) is 16.0 Å². The highest BCUT2D eigenvalue weighted by Crippen LogP contribution is 2.36. The van der Waals surface area contributed by atoms with Gasteiger partial charge in [-0.05, 0) is 61.2 Å². The summed E-state index contributed by atoms with van der Waals surface area (Å²) in [5.74, 6) is -2.77. The fraction of sp³-hybridized carbons (Fsp3) is 0.400. The maximum atomic E-state index is 13.2. The third-order valence-corrected chi connectivity index (χ3v) is 5.02. The maximum Gasteiger partial charge on any atom is 0.396 e. The molecule has 2 unspecified atom stereocenters. The number of alkyl halides is 3. The Bertz CT molecular complexity index is 890. The average molecular weight is 411 g/mol. The summed E-state index contributed by atoms with van der Waals surface area (Å²) in [6, 6.07) is 6.19. The Balaban J connectivity index is 1.79. The summed E-state index contributed by atoms with van der Waals surface area (Å²) >= 11 is 0. The van der Waals surface area contributed by atoms with Gasteiger partial charge >= 0.3 is 6.18 Å². The predicted octanol–water partition coefficient (Wildman–Crippen LogP) is 3.42. The lowest BCUT2D eigenvalue weighted by atomic mass is 10.0. The topological polar surface area (TPSA) is 74.0 Å². The SMILES string of the molecule is CC(c1cc(CCC(=O)NC2CCNC2=O)c(-c2ccc(F)cc2)[nH]1)C(F)(F)F. The van der Waals surface area contributed by atoms with Gasteiger partial charge in [0.1, 0.15) is 11.9 Å². The number of hydrogen-bond acceptors (Lipinski definition) is 2. The van der Waals surface area contributed by atoms with Gasteiger partial charge in [-0.15, -0.1) is 0 Å². The standard InChI is InChI=1S/C20H21F4N3O2/c1-11(20(22,23)24)16-10-13(18(27-16)12-2-5-14(21)6-3-12)4-7-17(28)26-15-8-9-25-19(15)29/h2-3,5-6,10-11,15,27H,4,7-9H2,1H3,(H,25,29)(H,26,28). The third-order valence-electron chi connectivity index (χ3n) is 5.02. The molecule has 1 aliphatic rings. The number of aromatic nitrogens is 1. The number of benzene rings is 1. The molecule has 1 aliphatic heterocycles. The first-order valence-corrected chi connectivity index (χ1v) is 9.26. The van der Waals surface area contributed by atoms with E-state index in [9.17, 15) is 27.2 Å². The van der Waals surface area contributed by atoms with Crippen molar-refractivity contribution in [3.8, 4) is 11.3 Å². The molecule has 156 valence electrons. The van der Waals surface area contributed by atoms with E-state index in [2.05, 4.69) is 15.6 Å². The van der Waals surface area contributed by atoms with Crippen LogP contribution < -0.4 is 10.6 Å². The lowest BCUT2D eigenvalue weighted by molar-refractivity contribution is -0.147. The van der Waals surface area contributed by atoms with Crippen LogP contribution in [0.2, 0.25) is 0 Å². The molecule has 2 aromatic rings. The van der Waals surface area contributed by atoms with Gasteiger partial charge in [0.25, 0.3) is 0 Å². The van der Waals surface area contributed by atoms with Crippen LogP contribution in [-0.4, -0.2) is 35.6 Å². The monoisotopic (exact) mass is 411 g/mol. The van der Waals surface area contributed by atoms with Crippen LogP contribution >= 0.6 is 0 Å². The number of carbonyl (C=O) groups excluding carboxylic acids is 2. The molecule has 2 amide bonds. The lowest BCUT2D eigenvalue weighted by Gasteiger charge is -2.13. The molecule has 1 fully saturated rings. The zero-order valence-corrected chi connectivity index (χ0v) is 15.7. The molecule has 0 spiro atoms. The zero-order valence-electron chi connectivity index (χ0n) is 15.7. The minimum Gasteiger partial charge on any atom is -0.358 e. The van der Waals surface area contributed by atoms with Crippen molar-refractivity contribution < 1.29 is 27.2 Å². The second kappa shape index (κ2) is 8.26. The molecule has 0 radical (unpaired) electrons. The number of H-pyrrole nitrogens is 1. The van der Waals surface area contributed by atoms with E-state index in [1.807, 2.05) is 0 Å². The summed E-state index contributed by atoms with van der Waals surface area (Å²) in [5, 5.41) is 5.25. The minimum atomic E-state index is -4.42. The molecule has 0 aliphatic carbocycles. The van der Waals surface area contributed by atoms with E-state index in [0.29, 0.717) is 29.8 Å². The van der Waals surface area contributed by atoms with Gasteiger partial charge in [-0.3, -0.25) is 9.59 Å². The molecule has 0 saturated carbocycles. The van der Waals surface area contributed by atoms with Crippen molar-refractivity contribution in [2.75, 3.05) is 6.54 Å². The fourth-order valence-electron chi connectivity index (χ4n) is 3.25. The number of nitrogens with one attached hydrogen (secondary N) is 3. The van der Waals surface area contributed by atoms with Crippen molar-refractivity contribution >= 4 is 11.8 Å². The molecule has 1 saturated heterocycles. The van der Waals surface area contributed by atoms with E-state index >= 15 is 0 Å². The zero-order chi connectivity index (χ0) is 21.2. The van der Waals surface area contributed by atoms with E-state index in [-0.39, 0.29) is 30.3 Å². The molecule has 2 atom stereocenters. The summed E-state index contributed by atoms with van der Waals surface area (Å²) in [6.45, 7) is 1.55.